The molecule has 1 aliphatic rings. The number of carbonyl (C=O) groups excluding carboxylic acids is 1. The molecule has 5 heteroatoms. The standard InChI is InChI=1S/C15H12F2N2O/c16-11-6-5-10(12(17)7-11)9-19-14-4-2-1-3-13(14)18-8-15(19)20/h1-7,18H,8-9H2. The maximum absolute atomic E-state index is 13.7. The molecule has 0 aliphatic carbocycles. The van der Waals surface area contributed by atoms with Gasteiger partial charge in [0.2, 0.25) is 5.91 Å². The van der Waals surface area contributed by atoms with Crippen molar-refractivity contribution in [3.8, 4) is 0 Å². The second kappa shape index (κ2) is 4.92. The van der Waals surface area contributed by atoms with Crippen molar-refractivity contribution in [2.24, 2.45) is 0 Å². The largest absolute Gasteiger partial charge is 0.374 e. The highest BCUT2D eigenvalue weighted by molar-refractivity contribution is 6.02. The molecule has 0 radical (unpaired) electrons. The maximum Gasteiger partial charge on any atom is 0.246 e. The van der Waals surface area contributed by atoms with Gasteiger partial charge in [0.25, 0.3) is 0 Å². The van der Waals surface area contributed by atoms with Crippen molar-refractivity contribution in [3.05, 3.63) is 59.7 Å². The smallest absolute Gasteiger partial charge is 0.246 e. The van der Waals surface area contributed by atoms with Gasteiger partial charge in [-0.15, -0.1) is 0 Å². The summed E-state index contributed by atoms with van der Waals surface area (Å²) >= 11 is 0. The van der Waals surface area contributed by atoms with Crippen molar-refractivity contribution in [2.75, 3.05) is 16.8 Å². The van der Waals surface area contributed by atoms with Crippen LogP contribution in [0.2, 0.25) is 0 Å². The minimum atomic E-state index is -0.645. The monoisotopic (exact) mass is 274 g/mol. The second-order valence-corrected chi connectivity index (χ2v) is 4.59. The maximum atomic E-state index is 13.7. The Morgan fingerprint density at radius 1 is 1.15 bits per heavy atom. The Labute approximate surface area is 114 Å². The van der Waals surface area contributed by atoms with Crippen molar-refractivity contribution in [3.63, 3.8) is 0 Å². The molecule has 1 N–H and O–H groups in total. The molecule has 0 fully saturated rings. The number of rotatable bonds is 2. The van der Waals surface area contributed by atoms with Gasteiger partial charge < -0.3 is 10.2 Å². The number of para-hydroxylation sites is 2. The van der Waals surface area contributed by atoms with Gasteiger partial charge in [0.15, 0.2) is 0 Å². The molecule has 0 saturated carbocycles. The predicted molar refractivity (Wildman–Crippen MR) is 72.5 cm³/mol. The number of nitrogens with zero attached hydrogens (tertiary/aromatic N) is 1. The minimum absolute atomic E-state index is 0.0869. The van der Waals surface area contributed by atoms with E-state index >= 15 is 0 Å². The molecule has 0 unspecified atom stereocenters. The molecule has 1 heterocycles. The van der Waals surface area contributed by atoms with Crippen molar-refractivity contribution < 1.29 is 13.6 Å². The van der Waals surface area contributed by atoms with Gasteiger partial charge in [-0.3, -0.25) is 4.79 Å². The third-order valence-electron chi connectivity index (χ3n) is 3.27. The van der Waals surface area contributed by atoms with Crippen LogP contribution in [0.4, 0.5) is 20.2 Å². The lowest BCUT2D eigenvalue weighted by atomic mass is 10.1. The van der Waals surface area contributed by atoms with Crippen LogP contribution in [0, 0.1) is 11.6 Å². The van der Waals surface area contributed by atoms with Crippen molar-refractivity contribution in [2.45, 2.75) is 6.54 Å². The molecule has 2 aromatic rings. The average Bonchev–Trinajstić information content (AvgIpc) is 2.44. The summed E-state index contributed by atoms with van der Waals surface area (Å²) in [6.45, 7) is 0.253. The van der Waals surface area contributed by atoms with Crippen LogP contribution in [0.15, 0.2) is 42.5 Å². The molecule has 0 spiro atoms. The molecule has 3 nitrogen and oxygen atoms in total. The number of hydrogen-bond acceptors (Lipinski definition) is 2. The van der Waals surface area contributed by atoms with E-state index in [1.165, 1.54) is 17.0 Å². The van der Waals surface area contributed by atoms with E-state index in [1.807, 2.05) is 18.2 Å². The summed E-state index contributed by atoms with van der Waals surface area (Å²) in [6.07, 6.45) is 0. The zero-order valence-electron chi connectivity index (χ0n) is 10.6. The number of halogens is 2. The van der Waals surface area contributed by atoms with Gasteiger partial charge in [0.1, 0.15) is 11.6 Å². The SMILES string of the molecule is O=C1CNc2ccccc2N1Cc1ccc(F)cc1F. The quantitative estimate of drug-likeness (QED) is 0.913. The first-order chi connectivity index (χ1) is 9.65. The summed E-state index contributed by atoms with van der Waals surface area (Å²) in [5.74, 6) is -1.42. The topological polar surface area (TPSA) is 32.3 Å². The molecule has 1 amide bonds. The molecule has 1 aliphatic heterocycles. The zero-order valence-corrected chi connectivity index (χ0v) is 10.6. The summed E-state index contributed by atoms with van der Waals surface area (Å²) in [5, 5.41) is 3.01. The Morgan fingerprint density at radius 3 is 2.75 bits per heavy atom. The van der Waals surface area contributed by atoms with Crippen LogP contribution in [-0.2, 0) is 11.3 Å². The van der Waals surface area contributed by atoms with E-state index in [0.717, 1.165) is 11.8 Å². The molecular formula is C15H12F2N2O. The molecule has 20 heavy (non-hydrogen) atoms. The van der Waals surface area contributed by atoms with Gasteiger partial charge in [0.05, 0.1) is 24.5 Å². The van der Waals surface area contributed by atoms with Crippen LogP contribution in [0.5, 0.6) is 0 Å². The Bertz CT molecular complexity index is 673. The lowest BCUT2D eigenvalue weighted by Crippen LogP contribution is -2.39. The summed E-state index contributed by atoms with van der Waals surface area (Å²) in [7, 11) is 0. The highest BCUT2D eigenvalue weighted by atomic mass is 19.1. The average molecular weight is 274 g/mol. The number of anilines is 2. The lowest BCUT2D eigenvalue weighted by Gasteiger charge is -2.30. The fourth-order valence-electron chi connectivity index (χ4n) is 2.25. The van der Waals surface area contributed by atoms with E-state index in [2.05, 4.69) is 5.32 Å². The van der Waals surface area contributed by atoms with Gasteiger partial charge in [-0.05, 0) is 18.2 Å². The number of hydrogen-bond donors (Lipinski definition) is 1. The molecule has 3 rings (SSSR count). The predicted octanol–water partition coefficient (Wildman–Crippen LogP) is 2.92. The summed E-state index contributed by atoms with van der Waals surface area (Å²) in [5.41, 5.74) is 1.82. The van der Waals surface area contributed by atoms with Gasteiger partial charge >= 0.3 is 0 Å². The van der Waals surface area contributed by atoms with Crippen molar-refractivity contribution in [1.82, 2.24) is 0 Å². The van der Waals surface area contributed by atoms with E-state index in [4.69, 9.17) is 0 Å². The Hall–Kier alpha value is -2.43. The van der Waals surface area contributed by atoms with Crippen LogP contribution in [0.1, 0.15) is 5.56 Å². The fourth-order valence-corrected chi connectivity index (χ4v) is 2.25. The summed E-state index contributed by atoms with van der Waals surface area (Å²) < 4.78 is 26.6. The Morgan fingerprint density at radius 2 is 1.95 bits per heavy atom. The Balaban J connectivity index is 1.95. The summed E-state index contributed by atoms with van der Waals surface area (Å²) in [4.78, 5) is 13.5. The fraction of sp³-hybridized carbons (Fsp3) is 0.133. The van der Waals surface area contributed by atoms with Gasteiger partial charge in [-0.25, -0.2) is 8.78 Å². The first-order valence-electron chi connectivity index (χ1n) is 6.22. The van der Waals surface area contributed by atoms with Crippen molar-refractivity contribution >= 4 is 17.3 Å². The highest BCUT2D eigenvalue weighted by Crippen LogP contribution is 2.30. The number of nitrogens with one attached hydrogen (secondary N) is 1. The van der Waals surface area contributed by atoms with Gasteiger partial charge in [-0.1, -0.05) is 18.2 Å². The van der Waals surface area contributed by atoms with E-state index in [0.29, 0.717) is 5.69 Å². The molecule has 102 valence electrons. The third-order valence-corrected chi connectivity index (χ3v) is 3.27. The van der Waals surface area contributed by atoms with E-state index in [9.17, 15) is 13.6 Å². The number of carbonyl (C=O) groups is 1. The van der Waals surface area contributed by atoms with Crippen LogP contribution in [0.3, 0.4) is 0 Å². The van der Waals surface area contributed by atoms with Crippen LogP contribution in [0.25, 0.3) is 0 Å². The van der Waals surface area contributed by atoms with Crippen molar-refractivity contribution in [1.29, 1.82) is 0 Å². The normalized spacial score (nSPS) is 13.9. The highest BCUT2D eigenvalue weighted by Gasteiger charge is 2.24. The number of amides is 1. The first kappa shape index (κ1) is 12.6. The molecule has 0 bridgehead atoms. The van der Waals surface area contributed by atoms with E-state index in [-0.39, 0.29) is 24.6 Å². The van der Waals surface area contributed by atoms with E-state index < -0.39 is 11.6 Å². The number of benzene rings is 2. The van der Waals surface area contributed by atoms with Gasteiger partial charge in [0, 0.05) is 11.6 Å². The third kappa shape index (κ3) is 2.22. The molecule has 0 atom stereocenters. The van der Waals surface area contributed by atoms with Crippen LogP contribution in [-0.4, -0.2) is 12.5 Å². The van der Waals surface area contributed by atoms with E-state index in [1.54, 1.807) is 6.07 Å². The number of fused-ring (bicyclic) bond motifs is 1. The second-order valence-electron chi connectivity index (χ2n) is 4.59. The lowest BCUT2D eigenvalue weighted by molar-refractivity contribution is -0.117. The molecule has 2 aromatic carbocycles. The molecular weight excluding hydrogens is 262 g/mol. The van der Waals surface area contributed by atoms with Crippen LogP contribution >= 0.6 is 0 Å². The van der Waals surface area contributed by atoms with Crippen LogP contribution < -0.4 is 10.2 Å². The Kier molecular flexibility index (Phi) is 3.10. The molecule has 0 saturated heterocycles. The zero-order chi connectivity index (χ0) is 14.1. The summed E-state index contributed by atoms with van der Waals surface area (Å²) in [6, 6.07) is 10.7. The first-order valence-corrected chi connectivity index (χ1v) is 6.22. The minimum Gasteiger partial charge on any atom is -0.374 e. The molecule has 0 aromatic heterocycles. The van der Waals surface area contributed by atoms with Gasteiger partial charge in [-0.2, -0.15) is 0 Å².